The first-order chi connectivity index (χ1) is 14.4. The van der Waals surface area contributed by atoms with E-state index in [4.69, 9.17) is 5.11 Å². The van der Waals surface area contributed by atoms with Crippen LogP contribution in [0.3, 0.4) is 0 Å². The molecule has 4 rings (SSSR count). The van der Waals surface area contributed by atoms with E-state index in [1.807, 2.05) is 0 Å². The molecule has 0 fully saturated rings. The van der Waals surface area contributed by atoms with E-state index in [2.05, 4.69) is 0 Å². The van der Waals surface area contributed by atoms with Gasteiger partial charge in [0.25, 0.3) is 10.0 Å². The van der Waals surface area contributed by atoms with Gasteiger partial charge in [-0.2, -0.15) is 0 Å². The number of aryl methyl sites for hydroxylation is 1. The molecular weight excluding hydrogens is 405 g/mol. The van der Waals surface area contributed by atoms with Crippen LogP contribution in [0.5, 0.6) is 0 Å². The Bertz CT molecular complexity index is 1340. The number of para-hydroxylation sites is 1. The molecule has 1 N–H and O–H groups in total. The van der Waals surface area contributed by atoms with Crippen molar-refractivity contribution in [1.82, 2.24) is 3.97 Å². The lowest BCUT2D eigenvalue weighted by atomic mass is 10.1. The van der Waals surface area contributed by atoms with Crippen LogP contribution in [0.25, 0.3) is 22.0 Å². The van der Waals surface area contributed by atoms with E-state index in [0.717, 1.165) is 0 Å². The number of benzene rings is 3. The van der Waals surface area contributed by atoms with Crippen LogP contribution >= 0.6 is 0 Å². The minimum absolute atomic E-state index is 0.0892. The fraction of sp³-hybridized carbons (Fsp3) is 0.0870. The van der Waals surface area contributed by atoms with E-state index in [0.29, 0.717) is 27.6 Å². The zero-order chi connectivity index (χ0) is 21.3. The third-order valence-electron chi connectivity index (χ3n) is 4.94. The lowest BCUT2D eigenvalue weighted by Crippen LogP contribution is -2.12. The van der Waals surface area contributed by atoms with Crippen molar-refractivity contribution in [1.29, 1.82) is 0 Å². The molecule has 0 amide bonds. The lowest BCUT2D eigenvalue weighted by molar-refractivity contribution is -0.136. The van der Waals surface area contributed by atoms with Crippen LogP contribution in [0.1, 0.15) is 12.0 Å². The number of carboxylic acid groups (broad SMARTS) is 1. The van der Waals surface area contributed by atoms with Gasteiger partial charge in [0.15, 0.2) is 0 Å². The molecule has 0 atom stereocenters. The number of fused-ring (bicyclic) bond motifs is 1. The van der Waals surface area contributed by atoms with Gasteiger partial charge in [-0.1, -0.05) is 42.5 Å². The van der Waals surface area contributed by atoms with Gasteiger partial charge >= 0.3 is 5.97 Å². The van der Waals surface area contributed by atoms with Gasteiger partial charge in [-0.25, -0.2) is 16.8 Å². The SMILES string of the molecule is O=C(O)CCc1cn(S(=O)(=O)c2cccc(-c3ccc(F)cc3)c2)c2ccccc12. The molecule has 0 bridgehead atoms. The van der Waals surface area contributed by atoms with Crippen LogP contribution in [0.4, 0.5) is 4.39 Å². The molecule has 1 heterocycles. The van der Waals surface area contributed by atoms with Crippen molar-refractivity contribution in [2.24, 2.45) is 0 Å². The third-order valence-corrected chi connectivity index (χ3v) is 6.61. The largest absolute Gasteiger partial charge is 0.481 e. The van der Waals surface area contributed by atoms with Crippen molar-refractivity contribution >= 4 is 26.9 Å². The molecule has 30 heavy (non-hydrogen) atoms. The summed E-state index contributed by atoms with van der Waals surface area (Å²) in [6.45, 7) is 0. The minimum Gasteiger partial charge on any atom is -0.481 e. The van der Waals surface area contributed by atoms with Crippen molar-refractivity contribution in [2.45, 2.75) is 17.7 Å². The Morgan fingerprint density at radius 3 is 2.40 bits per heavy atom. The first-order valence-electron chi connectivity index (χ1n) is 9.28. The number of aromatic nitrogens is 1. The molecule has 0 spiro atoms. The maximum absolute atomic E-state index is 13.4. The van der Waals surface area contributed by atoms with E-state index < -0.39 is 16.0 Å². The molecule has 0 unspecified atom stereocenters. The van der Waals surface area contributed by atoms with Crippen molar-refractivity contribution in [3.8, 4) is 11.1 Å². The molecule has 0 aliphatic rings. The van der Waals surface area contributed by atoms with Crippen LogP contribution in [0, 0.1) is 5.82 Å². The molecule has 3 aromatic carbocycles. The number of aliphatic carboxylic acids is 1. The second-order valence-electron chi connectivity index (χ2n) is 6.90. The summed E-state index contributed by atoms with van der Waals surface area (Å²) in [7, 11) is -3.93. The van der Waals surface area contributed by atoms with Gasteiger partial charge in [-0.3, -0.25) is 4.79 Å². The monoisotopic (exact) mass is 423 g/mol. The molecule has 5 nitrogen and oxygen atoms in total. The van der Waals surface area contributed by atoms with E-state index in [-0.39, 0.29) is 23.6 Å². The summed E-state index contributed by atoms with van der Waals surface area (Å²) in [4.78, 5) is 11.1. The summed E-state index contributed by atoms with van der Waals surface area (Å²) < 4.78 is 41.3. The number of carbonyl (C=O) groups is 1. The van der Waals surface area contributed by atoms with E-state index >= 15 is 0 Å². The molecular formula is C23H18FNO4S. The predicted octanol–water partition coefficient (Wildman–Crippen LogP) is 4.70. The number of halogens is 1. The second-order valence-corrected chi connectivity index (χ2v) is 8.72. The first-order valence-corrected chi connectivity index (χ1v) is 10.7. The van der Waals surface area contributed by atoms with Crippen molar-refractivity contribution < 1.29 is 22.7 Å². The number of hydrogen-bond donors (Lipinski definition) is 1. The number of hydrogen-bond acceptors (Lipinski definition) is 3. The Balaban J connectivity index is 1.81. The Morgan fingerprint density at radius 1 is 0.933 bits per heavy atom. The predicted molar refractivity (Wildman–Crippen MR) is 112 cm³/mol. The van der Waals surface area contributed by atoms with Gasteiger partial charge < -0.3 is 5.11 Å². The molecule has 0 aliphatic carbocycles. The van der Waals surface area contributed by atoms with Gasteiger partial charge in [0, 0.05) is 18.0 Å². The molecule has 1 aromatic heterocycles. The highest BCUT2D eigenvalue weighted by atomic mass is 32.2. The first kappa shape index (κ1) is 19.8. The van der Waals surface area contributed by atoms with E-state index in [1.165, 1.54) is 28.4 Å². The molecule has 4 aromatic rings. The highest BCUT2D eigenvalue weighted by molar-refractivity contribution is 7.90. The van der Waals surface area contributed by atoms with Gasteiger partial charge in [0.1, 0.15) is 5.82 Å². The Kier molecular flexibility index (Phi) is 5.13. The van der Waals surface area contributed by atoms with Crippen LogP contribution in [-0.4, -0.2) is 23.5 Å². The summed E-state index contributed by atoms with van der Waals surface area (Å²) in [5, 5.41) is 9.70. The molecule has 152 valence electrons. The summed E-state index contributed by atoms with van der Waals surface area (Å²) in [6.07, 6.45) is 1.63. The van der Waals surface area contributed by atoms with Crippen LogP contribution in [0.2, 0.25) is 0 Å². The number of carboxylic acids is 1. The van der Waals surface area contributed by atoms with Gasteiger partial charge in [0.05, 0.1) is 10.4 Å². The second kappa shape index (κ2) is 7.76. The molecule has 0 radical (unpaired) electrons. The topological polar surface area (TPSA) is 76.4 Å². The zero-order valence-electron chi connectivity index (χ0n) is 15.8. The van der Waals surface area contributed by atoms with Gasteiger partial charge in [0.2, 0.25) is 0 Å². The highest BCUT2D eigenvalue weighted by Gasteiger charge is 2.22. The average Bonchev–Trinajstić information content (AvgIpc) is 3.12. The normalized spacial score (nSPS) is 11.6. The van der Waals surface area contributed by atoms with Gasteiger partial charge in [-0.05, 0) is 53.4 Å². The average molecular weight is 423 g/mol. The van der Waals surface area contributed by atoms with Crippen molar-refractivity contribution in [3.63, 3.8) is 0 Å². The lowest BCUT2D eigenvalue weighted by Gasteiger charge is -2.09. The fourth-order valence-electron chi connectivity index (χ4n) is 3.45. The van der Waals surface area contributed by atoms with Crippen molar-refractivity contribution in [2.75, 3.05) is 0 Å². The number of nitrogens with zero attached hydrogens (tertiary/aromatic N) is 1. The molecule has 7 heteroatoms. The molecule has 0 aliphatic heterocycles. The summed E-state index contributed by atoms with van der Waals surface area (Å²) in [6, 6.07) is 19.3. The van der Waals surface area contributed by atoms with Crippen LogP contribution in [0.15, 0.2) is 83.9 Å². The minimum atomic E-state index is -3.93. The third kappa shape index (κ3) is 3.71. The Hall–Kier alpha value is -3.45. The van der Waals surface area contributed by atoms with E-state index in [9.17, 15) is 17.6 Å². The van der Waals surface area contributed by atoms with Crippen LogP contribution in [-0.2, 0) is 21.2 Å². The smallest absolute Gasteiger partial charge is 0.303 e. The zero-order valence-corrected chi connectivity index (χ0v) is 16.6. The quantitative estimate of drug-likeness (QED) is 0.488. The maximum atomic E-state index is 13.4. The Morgan fingerprint density at radius 2 is 1.67 bits per heavy atom. The van der Waals surface area contributed by atoms with E-state index in [1.54, 1.807) is 54.6 Å². The molecule has 0 saturated carbocycles. The Labute approximate surface area is 173 Å². The maximum Gasteiger partial charge on any atom is 0.303 e. The number of rotatable bonds is 6. The standard InChI is InChI=1S/C23H18FNO4S/c24-19-11-8-16(9-12-19)17-4-3-5-20(14-17)30(28,29)25-15-18(10-13-23(26)27)21-6-1-2-7-22(21)25/h1-9,11-12,14-15H,10,13H2,(H,26,27). The van der Waals surface area contributed by atoms with Crippen LogP contribution < -0.4 is 0 Å². The summed E-state index contributed by atoms with van der Waals surface area (Å²) in [5.74, 6) is -1.31. The molecule has 0 saturated heterocycles. The van der Waals surface area contributed by atoms with Gasteiger partial charge in [-0.15, -0.1) is 0 Å². The fourth-order valence-corrected chi connectivity index (χ4v) is 4.89. The highest BCUT2D eigenvalue weighted by Crippen LogP contribution is 2.29. The van der Waals surface area contributed by atoms with Crippen molar-refractivity contribution in [3.05, 3.63) is 90.4 Å². The summed E-state index contributed by atoms with van der Waals surface area (Å²) in [5.41, 5.74) is 2.50. The summed E-state index contributed by atoms with van der Waals surface area (Å²) >= 11 is 0.